The maximum Gasteiger partial charge on any atom is 0.252 e. The molecule has 94 valence electrons. The van der Waals surface area contributed by atoms with Gasteiger partial charge in [0.1, 0.15) is 0 Å². The van der Waals surface area contributed by atoms with E-state index >= 15 is 0 Å². The van der Waals surface area contributed by atoms with Crippen LogP contribution in [0, 0.1) is 0 Å². The molecule has 0 aromatic heterocycles. The van der Waals surface area contributed by atoms with Crippen LogP contribution in [-0.2, 0) is 0 Å². The summed E-state index contributed by atoms with van der Waals surface area (Å²) in [5.74, 6) is -0.129. The Morgan fingerprint density at radius 2 is 2.00 bits per heavy atom. The van der Waals surface area contributed by atoms with E-state index in [1.807, 2.05) is 24.3 Å². The molecule has 0 aliphatic rings. The summed E-state index contributed by atoms with van der Waals surface area (Å²) >= 11 is 1.66. The number of rotatable bonds is 5. The molecule has 17 heavy (non-hydrogen) atoms. The van der Waals surface area contributed by atoms with Gasteiger partial charge in [0.2, 0.25) is 0 Å². The van der Waals surface area contributed by atoms with Crippen LogP contribution in [0.5, 0.6) is 0 Å². The molecule has 1 amide bonds. The molecule has 0 saturated heterocycles. The van der Waals surface area contributed by atoms with Crippen molar-refractivity contribution in [2.75, 3.05) is 6.61 Å². The van der Waals surface area contributed by atoms with Crippen molar-refractivity contribution < 1.29 is 9.90 Å². The van der Waals surface area contributed by atoms with Crippen molar-refractivity contribution in [1.82, 2.24) is 5.32 Å². The molecule has 1 unspecified atom stereocenters. The van der Waals surface area contributed by atoms with E-state index in [1.165, 1.54) is 0 Å². The summed E-state index contributed by atoms with van der Waals surface area (Å²) in [4.78, 5) is 13.0. The SMILES string of the molecule is CC(CO)NC(=O)c1ccccc1SC(C)C. The summed E-state index contributed by atoms with van der Waals surface area (Å²) in [6.07, 6.45) is 0. The monoisotopic (exact) mass is 253 g/mol. The molecule has 1 aromatic rings. The minimum Gasteiger partial charge on any atom is -0.394 e. The number of benzene rings is 1. The highest BCUT2D eigenvalue weighted by Crippen LogP contribution is 2.26. The fourth-order valence-corrected chi connectivity index (χ4v) is 2.31. The third-order valence-electron chi connectivity index (χ3n) is 2.15. The lowest BCUT2D eigenvalue weighted by molar-refractivity contribution is 0.0919. The van der Waals surface area contributed by atoms with Gasteiger partial charge < -0.3 is 10.4 Å². The van der Waals surface area contributed by atoms with E-state index in [4.69, 9.17) is 5.11 Å². The van der Waals surface area contributed by atoms with Gasteiger partial charge in [-0.05, 0) is 19.1 Å². The highest BCUT2D eigenvalue weighted by Gasteiger charge is 2.13. The molecule has 1 atom stereocenters. The molecule has 0 radical (unpaired) electrons. The summed E-state index contributed by atoms with van der Waals surface area (Å²) in [5.41, 5.74) is 0.673. The predicted molar refractivity (Wildman–Crippen MR) is 71.4 cm³/mol. The number of hydrogen-bond acceptors (Lipinski definition) is 3. The van der Waals surface area contributed by atoms with E-state index in [0.29, 0.717) is 10.8 Å². The third-order valence-corrected chi connectivity index (χ3v) is 3.23. The third kappa shape index (κ3) is 4.40. The minimum atomic E-state index is -0.223. The summed E-state index contributed by atoms with van der Waals surface area (Å²) in [5, 5.41) is 12.1. The normalized spacial score (nSPS) is 12.5. The molecular weight excluding hydrogens is 234 g/mol. The number of hydrogen-bond donors (Lipinski definition) is 2. The molecule has 4 heteroatoms. The van der Waals surface area contributed by atoms with Crippen LogP contribution in [0.15, 0.2) is 29.2 Å². The first-order chi connectivity index (χ1) is 8.04. The quantitative estimate of drug-likeness (QED) is 0.792. The standard InChI is InChI=1S/C13H19NO2S/c1-9(2)17-12-7-5-4-6-11(12)13(16)14-10(3)8-15/h4-7,9-10,15H,8H2,1-3H3,(H,14,16). The molecule has 0 bridgehead atoms. The second kappa shape index (κ2) is 6.67. The van der Waals surface area contributed by atoms with Gasteiger partial charge >= 0.3 is 0 Å². The summed E-state index contributed by atoms with van der Waals surface area (Å²) in [6.45, 7) is 5.91. The van der Waals surface area contributed by atoms with Crippen molar-refractivity contribution in [1.29, 1.82) is 0 Å². The summed E-state index contributed by atoms with van der Waals surface area (Å²) in [7, 11) is 0. The molecule has 0 aliphatic heterocycles. The number of aliphatic hydroxyl groups is 1. The lowest BCUT2D eigenvalue weighted by atomic mass is 10.2. The smallest absolute Gasteiger partial charge is 0.252 e. The second-order valence-electron chi connectivity index (χ2n) is 4.22. The van der Waals surface area contributed by atoms with Gasteiger partial charge in [-0.15, -0.1) is 11.8 Å². The molecule has 0 fully saturated rings. The largest absolute Gasteiger partial charge is 0.394 e. The van der Waals surface area contributed by atoms with Crippen molar-refractivity contribution in [2.45, 2.75) is 37.0 Å². The lowest BCUT2D eigenvalue weighted by Crippen LogP contribution is -2.35. The number of thioether (sulfide) groups is 1. The lowest BCUT2D eigenvalue weighted by Gasteiger charge is -2.14. The Morgan fingerprint density at radius 1 is 1.35 bits per heavy atom. The van der Waals surface area contributed by atoms with E-state index in [0.717, 1.165) is 4.90 Å². The van der Waals surface area contributed by atoms with Crippen LogP contribution in [0.2, 0.25) is 0 Å². The molecule has 2 N–H and O–H groups in total. The fourth-order valence-electron chi connectivity index (χ4n) is 1.36. The van der Waals surface area contributed by atoms with Crippen molar-refractivity contribution in [3.8, 4) is 0 Å². The minimum absolute atomic E-state index is 0.0504. The van der Waals surface area contributed by atoms with Crippen LogP contribution in [0.4, 0.5) is 0 Å². The van der Waals surface area contributed by atoms with Crippen molar-refractivity contribution in [2.24, 2.45) is 0 Å². The Hall–Kier alpha value is -1.00. The van der Waals surface area contributed by atoms with Crippen LogP contribution in [-0.4, -0.2) is 28.9 Å². The number of carbonyl (C=O) groups is 1. The van der Waals surface area contributed by atoms with Gasteiger partial charge in [-0.2, -0.15) is 0 Å². The van der Waals surface area contributed by atoms with Crippen molar-refractivity contribution in [3.05, 3.63) is 29.8 Å². The molecule has 0 aliphatic carbocycles. The van der Waals surface area contributed by atoms with Gasteiger partial charge in [0, 0.05) is 16.2 Å². The van der Waals surface area contributed by atoms with E-state index in [-0.39, 0.29) is 18.6 Å². The Labute approximate surface area is 107 Å². The van der Waals surface area contributed by atoms with E-state index in [1.54, 1.807) is 18.7 Å². The molecule has 1 rings (SSSR count). The van der Waals surface area contributed by atoms with Crippen molar-refractivity contribution in [3.63, 3.8) is 0 Å². The molecule has 1 aromatic carbocycles. The van der Waals surface area contributed by atoms with E-state index in [2.05, 4.69) is 19.2 Å². The number of carbonyl (C=O) groups excluding carboxylic acids is 1. The van der Waals surface area contributed by atoms with Crippen LogP contribution in [0.3, 0.4) is 0 Å². The maximum atomic E-state index is 12.0. The molecule has 0 heterocycles. The highest BCUT2D eigenvalue weighted by molar-refractivity contribution is 8.00. The zero-order chi connectivity index (χ0) is 12.8. The number of amides is 1. The summed E-state index contributed by atoms with van der Waals surface area (Å²) in [6, 6.07) is 7.31. The molecule has 0 spiro atoms. The maximum absolute atomic E-state index is 12.0. The fraction of sp³-hybridized carbons (Fsp3) is 0.462. The van der Waals surface area contributed by atoms with Crippen LogP contribution < -0.4 is 5.32 Å². The van der Waals surface area contributed by atoms with Gasteiger partial charge in [-0.3, -0.25) is 4.79 Å². The molecule has 0 saturated carbocycles. The van der Waals surface area contributed by atoms with Gasteiger partial charge in [0.05, 0.1) is 12.2 Å². The highest BCUT2D eigenvalue weighted by atomic mass is 32.2. The predicted octanol–water partition coefficient (Wildman–Crippen LogP) is 2.30. The Kier molecular flexibility index (Phi) is 5.51. The van der Waals surface area contributed by atoms with Crippen LogP contribution in [0.1, 0.15) is 31.1 Å². The zero-order valence-electron chi connectivity index (χ0n) is 10.4. The Morgan fingerprint density at radius 3 is 2.59 bits per heavy atom. The first-order valence-electron chi connectivity index (χ1n) is 5.72. The van der Waals surface area contributed by atoms with Crippen LogP contribution in [0.25, 0.3) is 0 Å². The molecular formula is C13H19NO2S. The average molecular weight is 253 g/mol. The second-order valence-corrected chi connectivity index (χ2v) is 5.84. The van der Waals surface area contributed by atoms with Crippen molar-refractivity contribution >= 4 is 17.7 Å². The van der Waals surface area contributed by atoms with Crippen LogP contribution >= 0.6 is 11.8 Å². The summed E-state index contributed by atoms with van der Waals surface area (Å²) < 4.78 is 0. The van der Waals surface area contributed by atoms with E-state index in [9.17, 15) is 4.79 Å². The van der Waals surface area contributed by atoms with Gasteiger partial charge in [-0.1, -0.05) is 26.0 Å². The Bertz CT molecular complexity index is 379. The van der Waals surface area contributed by atoms with Gasteiger partial charge in [0.25, 0.3) is 5.91 Å². The zero-order valence-corrected chi connectivity index (χ0v) is 11.3. The first-order valence-corrected chi connectivity index (χ1v) is 6.60. The number of nitrogens with one attached hydrogen (secondary N) is 1. The average Bonchev–Trinajstić information content (AvgIpc) is 2.28. The first kappa shape index (κ1) is 14.1. The molecule has 3 nitrogen and oxygen atoms in total. The Balaban J connectivity index is 2.85. The van der Waals surface area contributed by atoms with E-state index < -0.39 is 0 Å². The topological polar surface area (TPSA) is 49.3 Å². The van der Waals surface area contributed by atoms with Gasteiger partial charge in [0.15, 0.2) is 0 Å². The van der Waals surface area contributed by atoms with Gasteiger partial charge in [-0.25, -0.2) is 0 Å². The number of aliphatic hydroxyl groups excluding tert-OH is 1.